The highest BCUT2D eigenvalue weighted by molar-refractivity contribution is 5.24. The average molecular weight is 180 g/mol. The third-order valence-electron chi connectivity index (χ3n) is 2.30. The van der Waals surface area contributed by atoms with Crippen molar-refractivity contribution >= 4 is 6.01 Å². The van der Waals surface area contributed by atoms with Gasteiger partial charge in [0.05, 0.1) is 0 Å². The summed E-state index contributed by atoms with van der Waals surface area (Å²) >= 11 is 0. The van der Waals surface area contributed by atoms with Gasteiger partial charge in [-0.05, 0) is 26.2 Å². The standard InChI is InChI=1S/C9H14N3O/c1-2-8-10-11-9(13-8)12-6-4-3-5-7-12/h1-7H2. The zero-order valence-electron chi connectivity index (χ0n) is 7.70. The molecule has 1 aromatic heterocycles. The average Bonchev–Trinajstić information content (AvgIpc) is 2.67. The summed E-state index contributed by atoms with van der Waals surface area (Å²) in [7, 11) is 0. The smallest absolute Gasteiger partial charge is 0.318 e. The van der Waals surface area contributed by atoms with E-state index in [4.69, 9.17) is 4.42 Å². The number of hydrogen-bond donors (Lipinski definition) is 0. The second-order valence-corrected chi connectivity index (χ2v) is 3.28. The van der Waals surface area contributed by atoms with E-state index in [1.165, 1.54) is 19.3 Å². The fraction of sp³-hybridized carbons (Fsp3) is 0.667. The fourth-order valence-corrected chi connectivity index (χ4v) is 1.56. The Labute approximate surface area is 77.9 Å². The van der Waals surface area contributed by atoms with Crippen molar-refractivity contribution in [3.63, 3.8) is 0 Å². The molecule has 0 bridgehead atoms. The predicted octanol–water partition coefficient (Wildman–Crippen LogP) is 1.44. The molecule has 4 nitrogen and oxygen atoms in total. The third kappa shape index (κ3) is 1.82. The Balaban J connectivity index is 2.05. The molecule has 1 fully saturated rings. The van der Waals surface area contributed by atoms with E-state index < -0.39 is 0 Å². The summed E-state index contributed by atoms with van der Waals surface area (Å²) in [5, 5.41) is 7.87. The number of rotatable bonds is 2. The number of nitrogens with zero attached hydrogens (tertiary/aromatic N) is 3. The van der Waals surface area contributed by atoms with E-state index in [1.807, 2.05) is 0 Å². The number of hydrogen-bond acceptors (Lipinski definition) is 4. The highest BCUT2D eigenvalue weighted by Gasteiger charge is 2.16. The Bertz CT molecular complexity index is 266. The van der Waals surface area contributed by atoms with Crippen LogP contribution in [0.1, 0.15) is 25.2 Å². The van der Waals surface area contributed by atoms with Gasteiger partial charge in [0.2, 0.25) is 5.89 Å². The van der Waals surface area contributed by atoms with E-state index in [2.05, 4.69) is 22.0 Å². The zero-order valence-corrected chi connectivity index (χ0v) is 7.70. The SMILES string of the molecule is [CH2]Cc1nnc(N2CCCCC2)o1. The topological polar surface area (TPSA) is 42.2 Å². The molecule has 71 valence electrons. The van der Waals surface area contributed by atoms with Crippen LogP contribution >= 0.6 is 0 Å². The van der Waals surface area contributed by atoms with Gasteiger partial charge in [0.1, 0.15) is 0 Å². The molecule has 1 saturated heterocycles. The van der Waals surface area contributed by atoms with Crippen molar-refractivity contribution in [1.29, 1.82) is 0 Å². The van der Waals surface area contributed by atoms with Crippen molar-refractivity contribution in [1.82, 2.24) is 10.2 Å². The van der Waals surface area contributed by atoms with Crippen LogP contribution in [0.4, 0.5) is 6.01 Å². The Kier molecular flexibility index (Phi) is 2.47. The molecule has 1 aliphatic heterocycles. The normalized spacial score (nSPS) is 17.8. The highest BCUT2D eigenvalue weighted by Crippen LogP contribution is 2.17. The molecule has 4 heteroatoms. The maximum absolute atomic E-state index is 5.41. The van der Waals surface area contributed by atoms with E-state index >= 15 is 0 Å². The molecular weight excluding hydrogens is 166 g/mol. The summed E-state index contributed by atoms with van der Waals surface area (Å²) in [6.45, 7) is 5.78. The molecule has 2 rings (SSSR count). The lowest BCUT2D eigenvalue weighted by molar-refractivity contribution is 0.468. The van der Waals surface area contributed by atoms with Crippen LogP contribution in [0.3, 0.4) is 0 Å². The Morgan fingerprint density at radius 1 is 1.23 bits per heavy atom. The fourth-order valence-electron chi connectivity index (χ4n) is 1.56. The van der Waals surface area contributed by atoms with Crippen LogP contribution in [0.25, 0.3) is 0 Å². The van der Waals surface area contributed by atoms with Gasteiger partial charge in [-0.15, -0.1) is 5.10 Å². The molecule has 1 aromatic rings. The Morgan fingerprint density at radius 2 is 2.00 bits per heavy atom. The van der Waals surface area contributed by atoms with Crippen molar-refractivity contribution in [3.8, 4) is 0 Å². The first kappa shape index (κ1) is 8.53. The summed E-state index contributed by atoms with van der Waals surface area (Å²) in [4.78, 5) is 2.15. The molecule has 0 aliphatic carbocycles. The van der Waals surface area contributed by atoms with Gasteiger partial charge in [0.25, 0.3) is 0 Å². The number of anilines is 1. The van der Waals surface area contributed by atoms with E-state index in [1.54, 1.807) is 0 Å². The van der Waals surface area contributed by atoms with Gasteiger partial charge in [-0.3, -0.25) is 0 Å². The van der Waals surface area contributed by atoms with Crippen LogP contribution in [-0.2, 0) is 6.42 Å². The second kappa shape index (κ2) is 3.77. The van der Waals surface area contributed by atoms with Gasteiger partial charge < -0.3 is 9.32 Å². The molecule has 0 amide bonds. The highest BCUT2D eigenvalue weighted by atomic mass is 16.4. The lowest BCUT2D eigenvalue weighted by atomic mass is 10.1. The van der Waals surface area contributed by atoms with Gasteiger partial charge in [-0.1, -0.05) is 5.10 Å². The van der Waals surface area contributed by atoms with Crippen LogP contribution in [0, 0.1) is 6.92 Å². The number of aromatic nitrogens is 2. The van der Waals surface area contributed by atoms with Crippen LogP contribution in [0.2, 0.25) is 0 Å². The lowest BCUT2D eigenvalue weighted by Crippen LogP contribution is -2.29. The molecule has 0 atom stereocenters. The van der Waals surface area contributed by atoms with Crippen molar-refractivity contribution in [2.75, 3.05) is 18.0 Å². The van der Waals surface area contributed by atoms with E-state index in [9.17, 15) is 0 Å². The first-order valence-electron chi connectivity index (χ1n) is 4.77. The summed E-state index contributed by atoms with van der Waals surface area (Å²) in [5.74, 6) is 0.626. The minimum Gasteiger partial charge on any atom is -0.408 e. The zero-order chi connectivity index (χ0) is 9.10. The summed E-state index contributed by atoms with van der Waals surface area (Å²) in [5.41, 5.74) is 0. The summed E-state index contributed by atoms with van der Waals surface area (Å²) in [6, 6.07) is 0.665. The third-order valence-corrected chi connectivity index (χ3v) is 2.30. The summed E-state index contributed by atoms with van der Waals surface area (Å²) in [6.07, 6.45) is 4.33. The van der Waals surface area contributed by atoms with Gasteiger partial charge in [-0.25, -0.2) is 0 Å². The van der Waals surface area contributed by atoms with Crippen LogP contribution in [0.5, 0.6) is 0 Å². The maximum Gasteiger partial charge on any atom is 0.318 e. The Morgan fingerprint density at radius 3 is 2.62 bits per heavy atom. The molecule has 2 heterocycles. The van der Waals surface area contributed by atoms with Crippen LogP contribution in [-0.4, -0.2) is 23.3 Å². The van der Waals surface area contributed by atoms with Crippen molar-refractivity contribution < 1.29 is 4.42 Å². The molecule has 0 unspecified atom stereocenters. The Hall–Kier alpha value is -1.06. The van der Waals surface area contributed by atoms with Crippen molar-refractivity contribution in [2.24, 2.45) is 0 Å². The first-order valence-corrected chi connectivity index (χ1v) is 4.77. The first-order chi connectivity index (χ1) is 6.40. The lowest BCUT2D eigenvalue weighted by Gasteiger charge is -2.24. The summed E-state index contributed by atoms with van der Waals surface area (Å²) < 4.78 is 5.41. The second-order valence-electron chi connectivity index (χ2n) is 3.28. The van der Waals surface area contributed by atoms with E-state index in [0.29, 0.717) is 18.3 Å². The molecule has 13 heavy (non-hydrogen) atoms. The molecule has 0 saturated carbocycles. The molecule has 1 aliphatic rings. The van der Waals surface area contributed by atoms with Gasteiger partial charge in [0.15, 0.2) is 0 Å². The minimum absolute atomic E-state index is 0.570. The molecule has 0 spiro atoms. The van der Waals surface area contributed by atoms with Crippen LogP contribution in [0.15, 0.2) is 4.42 Å². The van der Waals surface area contributed by atoms with Gasteiger partial charge in [-0.2, -0.15) is 0 Å². The van der Waals surface area contributed by atoms with Gasteiger partial charge in [0, 0.05) is 19.5 Å². The molecule has 1 radical (unpaired) electrons. The van der Waals surface area contributed by atoms with E-state index in [-0.39, 0.29) is 0 Å². The van der Waals surface area contributed by atoms with Crippen LogP contribution < -0.4 is 4.90 Å². The molecule has 0 N–H and O–H groups in total. The van der Waals surface area contributed by atoms with E-state index in [0.717, 1.165) is 13.1 Å². The maximum atomic E-state index is 5.41. The molecular formula is C9H14N3O. The predicted molar refractivity (Wildman–Crippen MR) is 49.4 cm³/mol. The largest absolute Gasteiger partial charge is 0.408 e. The van der Waals surface area contributed by atoms with Gasteiger partial charge >= 0.3 is 6.01 Å². The van der Waals surface area contributed by atoms with Crippen molar-refractivity contribution in [2.45, 2.75) is 25.7 Å². The minimum atomic E-state index is 0.570. The number of piperidine rings is 1. The monoisotopic (exact) mass is 180 g/mol. The van der Waals surface area contributed by atoms with Crippen molar-refractivity contribution in [3.05, 3.63) is 12.8 Å². The molecule has 0 aromatic carbocycles. The quantitative estimate of drug-likeness (QED) is 0.690.